The number of benzene rings is 1. The Balaban J connectivity index is 1.82. The van der Waals surface area contributed by atoms with Gasteiger partial charge < -0.3 is 15.0 Å². The first-order chi connectivity index (χ1) is 9.53. The standard InChI is InChI=1S/C15H21ClN2O2/c1-15(7-8-17-11-15)14(19)18(2)9-10-20-13-6-4-3-5-12(13)16/h3-6,17H,7-11H2,1-2H3. The summed E-state index contributed by atoms with van der Waals surface area (Å²) in [7, 11) is 1.82. The average molecular weight is 297 g/mol. The van der Waals surface area contributed by atoms with E-state index >= 15 is 0 Å². The minimum absolute atomic E-state index is 0.172. The fourth-order valence-corrected chi connectivity index (χ4v) is 2.61. The summed E-state index contributed by atoms with van der Waals surface area (Å²) in [5.41, 5.74) is -0.279. The molecule has 1 aliphatic heterocycles. The lowest BCUT2D eigenvalue weighted by molar-refractivity contribution is -0.139. The maximum atomic E-state index is 12.4. The highest BCUT2D eigenvalue weighted by molar-refractivity contribution is 6.32. The summed E-state index contributed by atoms with van der Waals surface area (Å²) >= 11 is 6.01. The third kappa shape index (κ3) is 3.44. The number of carbonyl (C=O) groups excluding carboxylic acids is 1. The van der Waals surface area contributed by atoms with Gasteiger partial charge in [-0.05, 0) is 32.0 Å². The van der Waals surface area contributed by atoms with E-state index < -0.39 is 0 Å². The molecule has 1 aromatic rings. The first-order valence-electron chi connectivity index (χ1n) is 6.86. The summed E-state index contributed by atoms with van der Waals surface area (Å²) in [6, 6.07) is 7.35. The Labute approximate surface area is 125 Å². The van der Waals surface area contributed by atoms with Gasteiger partial charge in [0.25, 0.3) is 0 Å². The van der Waals surface area contributed by atoms with Crippen LogP contribution in [-0.4, -0.2) is 44.1 Å². The second kappa shape index (κ2) is 6.46. The van der Waals surface area contributed by atoms with Crippen LogP contribution in [0.2, 0.25) is 5.02 Å². The van der Waals surface area contributed by atoms with Crippen molar-refractivity contribution in [3.8, 4) is 5.75 Å². The zero-order chi connectivity index (χ0) is 14.6. The van der Waals surface area contributed by atoms with Gasteiger partial charge in [0.05, 0.1) is 17.0 Å². The van der Waals surface area contributed by atoms with Gasteiger partial charge in [-0.15, -0.1) is 0 Å². The number of ether oxygens (including phenoxy) is 1. The predicted molar refractivity (Wildman–Crippen MR) is 80.2 cm³/mol. The summed E-state index contributed by atoms with van der Waals surface area (Å²) in [4.78, 5) is 14.1. The highest BCUT2D eigenvalue weighted by Crippen LogP contribution is 2.27. The molecule has 1 saturated heterocycles. The molecular weight excluding hydrogens is 276 g/mol. The number of halogens is 1. The molecule has 0 saturated carbocycles. The molecular formula is C15H21ClN2O2. The highest BCUT2D eigenvalue weighted by atomic mass is 35.5. The van der Waals surface area contributed by atoms with Gasteiger partial charge in [-0.1, -0.05) is 23.7 Å². The van der Waals surface area contributed by atoms with E-state index in [1.165, 1.54) is 0 Å². The molecule has 5 heteroatoms. The van der Waals surface area contributed by atoms with E-state index in [1.54, 1.807) is 11.0 Å². The van der Waals surface area contributed by atoms with E-state index in [-0.39, 0.29) is 11.3 Å². The maximum Gasteiger partial charge on any atom is 0.229 e. The maximum absolute atomic E-state index is 12.4. The van der Waals surface area contributed by atoms with Crippen molar-refractivity contribution in [2.75, 3.05) is 33.3 Å². The summed E-state index contributed by atoms with van der Waals surface area (Å²) in [6.07, 6.45) is 0.890. The first kappa shape index (κ1) is 15.1. The van der Waals surface area contributed by atoms with Gasteiger partial charge in [0.2, 0.25) is 5.91 Å². The quantitative estimate of drug-likeness (QED) is 0.905. The Hall–Kier alpha value is -1.26. The Kier molecular flexibility index (Phi) is 4.89. The second-order valence-electron chi connectivity index (χ2n) is 5.49. The Morgan fingerprint density at radius 3 is 2.90 bits per heavy atom. The lowest BCUT2D eigenvalue weighted by atomic mass is 9.88. The van der Waals surface area contributed by atoms with Gasteiger partial charge in [0, 0.05) is 13.6 Å². The lowest BCUT2D eigenvalue weighted by Gasteiger charge is -2.28. The van der Waals surface area contributed by atoms with Gasteiger partial charge >= 0.3 is 0 Å². The van der Waals surface area contributed by atoms with Crippen LogP contribution in [0.1, 0.15) is 13.3 Å². The Morgan fingerprint density at radius 2 is 2.25 bits per heavy atom. The molecule has 0 aliphatic carbocycles. The molecule has 20 heavy (non-hydrogen) atoms. The molecule has 1 aromatic carbocycles. The van der Waals surface area contributed by atoms with Crippen molar-refractivity contribution in [2.24, 2.45) is 5.41 Å². The highest BCUT2D eigenvalue weighted by Gasteiger charge is 2.37. The van der Waals surface area contributed by atoms with E-state index in [4.69, 9.17) is 16.3 Å². The lowest BCUT2D eigenvalue weighted by Crippen LogP contribution is -2.43. The van der Waals surface area contributed by atoms with Gasteiger partial charge in [0.1, 0.15) is 12.4 Å². The van der Waals surface area contributed by atoms with Crippen LogP contribution in [0.4, 0.5) is 0 Å². The van der Waals surface area contributed by atoms with Crippen molar-refractivity contribution in [1.82, 2.24) is 10.2 Å². The topological polar surface area (TPSA) is 41.6 Å². The van der Waals surface area contributed by atoms with Crippen molar-refractivity contribution in [3.05, 3.63) is 29.3 Å². The smallest absolute Gasteiger partial charge is 0.229 e. The molecule has 1 heterocycles. The van der Waals surface area contributed by atoms with Crippen molar-refractivity contribution in [1.29, 1.82) is 0 Å². The third-order valence-corrected chi connectivity index (χ3v) is 4.06. The number of amides is 1. The predicted octanol–water partition coefficient (Wildman–Crippen LogP) is 2.18. The molecule has 2 rings (SSSR count). The van der Waals surface area contributed by atoms with Crippen LogP contribution in [-0.2, 0) is 4.79 Å². The van der Waals surface area contributed by atoms with Crippen LogP contribution in [0.5, 0.6) is 5.75 Å². The largest absolute Gasteiger partial charge is 0.490 e. The molecule has 1 amide bonds. The van der Waals surface area contributed by atoms with Crippen molar-refractivity contribution < 1.29 is 9.53 Å². The van der Waals surface area contributed by atoms with E-state index in [1.807, 2.05) is 32.2 Å². The number of para-hydroxylation sites is 1. The number of hydrogen-bond acceptors (Lipinski definition) is 3. The summed E-state index contributed by atoms with van der Waals surface area (Å²) < 4.78 is 5.61. The zero-order valence-corrected chi connectivity index (χ0v) is 12.7. The molecule has 1 unspecified atom stereocenters. The van der Waals surface area contributed by atoms with E-state index in [0.717, 1.165) is 19.5 Å². The fourth-order valence-electron chi connectivity index (χ4n) is 2.42. The molecule has 0 radical (unpaired) electrons. The number of carbonyl (C=O) groups is 1. The number of nitrogens with one attached hydrogen (secondary N) is 1. The Morgan fingerprint density at radius 1 is 1.50 bits per heavy atom. The van der Waals surface area contributed by atoms with Crippen LogP contribution in [0.25, 0.3) is 0 Å². The van der Waals surface area contributed by atoms with E-state index in [2.05, 4.69) is 5.32 Å². The van der Waals surface area contributed by atoms with Gasteiger partial charge in [-0.25, -0.2) is 0 Å². The molecule has 1 atom stereocenters. The second-order valence-corrected chi connectivity index (χ2v) is 5.90. The number of hydrogen-bond donors (Lipinski definition) is 1. The monoisotopic (exact) mass is 296 g/mol. The van der Waals surface area contributed by atoms with E-state index in [0.29, 0.717) is 23.9 Å². The van der Waals surface area contributed by atoms with Gasteiger partial charge in [-0.3, -0.25) is 4.79 Å². The van der Waals surface area contributed by atoms with Crippen LogP contribution < -0.4 is 10.1 Å². The number of nitrogens with zero attached hydrogens (tertiary/aromatic N) is 1. The molecule has 0 aromatic heterocycles. The molecule has 0 bridgehead atoms. The SMILES string of the molecule is CN(CCOc1ccccc1Cl)C(=O)C1(C)CCNC1. The van der Waals surface area contributed by atoms with Crippen molar-refractivity contribution >= 4 is 17.5 Å². The Bertz CT molecular complexity index is 473. The van der Waals surface area contributed by atoms with Crippen LogP contribution >= 0.6 is 11.6 Å². The van der Waals surface area contributed by atoms with Crippen LogP contribution in [0.3, 0.4) is 0 Å². The van der Waals surface area contributed by atoms with Gasteiger partial charge in [-0.2, -0.15) is 0 Å². The minimum atomic E-state index is -0.279. The normalized spacial score (nSPS) is 21.8. The molecule has 1 fully saturated rings. The molecule has 1 N–H and O–H groups in total. The van der Waals surface area contributed by atoms with E-state index in [9.17, 15) is 4.79 Å². The average Bonchev–Trinajstić information content (AvgIpc) is 2.88. The molecule has 4 nitrogen and oxygen atoms in total. The van der Waals surface area contributed by atoms with Crippen molar-refractivity contribution in [2.45, 2.75) is 13.3 Å². The number of rotatable bonds is 5. The molecule has 1 aliphatic rings. The molecule has 0 spiro atoms. The zero-order valence-electron chi connectivity index (χ0n) is 12.0. The third-order valence-electron chi connectivity index (χ3n) is 3.75. The van der Waals surface area contributed by atoms with Gasteiger partial charge in [0.15, 0.2) is 0 Å². The van der Waals surface area contributed by atoms with Crippen molar-refractivity contribution in [3.63, 3.8) is 0 Å². The summed E-state index contributed by atoms with van der Waals surface area (Å²) in [6.45, 7) is 4.67. The minimum Gasteiger partial charge on any atom is -0.490 e. The first-order valence-corrected chi connectivity index (χ1v) is 7.24. The van der Waals surface area contributed by atoms with Crippen LogP contribution in [0, 0.1) is 5.41 Å². The molecule has 110 valence electrons. The van der Waals surface area contributed by atoms with Crippen LogP contribution in [0.15, 0.2) is 24.3 Å². The summed E-state index contributed by atoms with van der Waals surface area (Å²) in [5, 5.41) is 3.83. The fraction of sp³-hybridized carbons (Fsp3) is 0.533. The number of likely N-dealkylation sites (N-methyl/N-ethyl adjacent to an activating group) is 1. The summed E-state index contributed by atoms with van der Waals surface area (Å²) in [5.74, 6) is 0.828.